The molecule has 1 aromatic rings. The van der Waals surface area contributed by atoms with Crippen LogP contribution < -0.4 is 10.6 Å². The molecule has 0 aliphatic rings. The number of amides is 2. The maximum atomic E-state index is 12.3. The Kier molecular flexibility index (Phi) is 24.2. The summed E-state index contributed by atoms with van der Waals surface area (Å²) in [5.41, 5.74) is 1.73. The normalized spacial score (nSPS) is 11.3. The zero-order valence-corrected chi connectivity index (χ0v) is 26.6. The molecular formula is C32H46N2O10. The third-order valence-electron chi connectivity index (χ3n) is 6.37. The second-order valence-electron chi connectivity index (χ2n) is 11.0. The third-order valence-corrected chi connectivity index (χ3v) is 6.37. The van der Waals surface area contributed by atoms with Crippen LogP contribution >= 0.6 is 0 Å². The number of nitrogens with one attached hydrogen (secondary N) is 2. The number of hydrogen-bond donors (Lipinski definition) is 3. The quantitative estimate of drug-likeness (QED) is 0.108. The van der Waals surface area contributed by atoms with Crippen LogP contribution in [0.5, 0.6) is 5.75 Å². The van der Waals surface area contributed by atoms with Gasteiger partial charge in [-0.25, -0.2) is 0 Å². The minimum atomic E-state index is -0.512. The van der Waals surface area contributed by atoms with Crippen molar-refractivity contribution >= 4 is 35.6 Å². The lowest BCUT2D eigenvalue weighted by atomic mass is 9.76. The number of benzene rings is 1. The van der Waals surface area contributed by atoms with Crippen molar-refractivity contribution in [1.29, 1.82) is 0 Å². The van der Waals surface area contributed by atoms with Crippen molar-refractivity contribution in [2.75, 3.05) is 38.3 Å². The van der Waals surface area contributed by atoms with E-state index in [0.717, 1.165) is 18.4 Å². The molecule has 0 spiro atoms. The zero-order chi connectivity index (χ0) is 34.0. The summed E-state index contributed by atoms with van der Waals surface area (Å²) in [5, 5.41) is 15.5. The van der Waals surface area contributed by atoms with Crippen molar-refractivity contribution in [3.63, 3.8) is 0 Å². The Balaban J connectivity index is 0. The van der Waals surface area contributed by atoms with Crippen LogP contribution in [0.4, 0.5) is 5.69 Å². The van der Waals surface area contributed by atoms with Crippen LogP contribution in [-0.2, 0) is 49.5 Å². The topological polar surface area (TPSA) is 182 Å². The molecule has 0 fully saturated rings. The Hall–Kier alpha value is -4.13. The maximum Gasteiger partial charge on any atom is 0.373 e. The molecule has 1 rings (SSSR count). The summed E-state index contributed by atoms with van der Waals surface area (Å²) in [6.45, 7) is 14.9. The number of hydrogen-bond acceptors (Lipinski definition) is 10. The van der Waals surface area contributed by atoms with Crippen LogP contribution in [0.2, 0.25) is 0 Å². The van der Waals surface area contributed by atoms with Gasteiger partial charge in [-0.1, -0.05) is 40.7 Å². The zero-order valence-electron chi connectivity index (χ0n) is 26.6. The lowest BCUT2D eigenvalue weighted by molar-refractivity contribution is -0.193. The predicted octanol–water partition coefficient (Wildman–Crippen LogP) is 3.33. The van der Waals surface area contributed by atoms with Crippen molar-refractivity contribution < 1.29 is 48.1 Å². The summed E-state index contributed by atoms with van der Waals surface area (Å²) in [4.78, 5) is 68.1. The molecule has 2 atom stereocenters. The van der Waals surface area contributed by atoms with E-state index in [4.69, 9.17) is 28.7 Å². The minimum absolute atomic E-state index is 0.0290. The van der Waals surface area contributed by atoms with E-state index >= 15 is 0 Å². The molecule has 0 saturated carbocycles. The van der Waals surface area contributed by atoms with Gasteiger partial charge in [0.15, 0.2) is 0 Å². The van der Waals surface area contributed by atoms with E-state index in [-0.39, 0.29) is 54.6 Å². The summed E-state index contributed by atoms with van der Waals surface area (Å²) in [6, 6.07) is 5.34. The number of phenolic OH excluding ortho intramolecular Hbond substituents is 1. The molecule has 0 aromatic heterocycles. The highest BCUT2D eigenvalue weighted by molar-refractivity contribution is 6.03. The lowest BCUT2D eigenvalue weighted by Crippen LogP contribution is -2.25. The molecule has 0 radical (unpaired) electrons. The molecule has 1 aromatic carbocycles. The summed E-state index contributed by atoms with van der Waals surface area (Å²) >= 11 is 0. The van der Waals surface area contributed by atoms with Crippen LogP contribution in [0.3, 0.4) is 0 Å². The fraction of sp³-hybridized carbons (Fsp3) is 0.594. The van der Waals surface area contributed by atoms with Crippen LogP contribution in [0.1, 0.15) is 72.8 Å². The van der Waals surface area contributed by atoms with Crippen LogP contribution in [0.15, 0.2) is 18.2 Å². The number of carbonyl (C=O) groups excluding carboxylic acids is 7. The number of ketones is 1. The van der Waals surface area contributed by atoms with Gasteiger partial charge in [0, 0.05) is 32.1 Å². The van der Waals surface area contributed by atoms with Gasteiger partial charge in [0.05, 0.1) is 25.3 Å². The Bertz CT molecular complexity index is 1120. The molecular weight excluding hydrogens is 572 g/mol. The van der Waals surface area contributed by atoms with Crippen molar-refractivity contribution in [2.45, 2.75) is 73.6 Å². The number of phenols is 1. The third kappa shape index (κ3) is 23.4. The molecule has 244 valence electrons. The number of carbonyl (C=O) groups is 3. The van der Waals surface area contributed by atoms with Crippen molar-refractivity contribution in [2.24, 2.45) is 17.3 Å². The summed E-state index contributed by atoms with van der Waals surface area (Å²) in [7, 11) is 0. The molecule has 12 nitrogen and oxygen atoms in total. The molecule has 0 bridgehead atoms. The second kappa shape index (κ2) is 25.4. The molecule has 0 aliphatic heterocycles. The summed E-state index contributed by atoms with van der Waals surface area (Å²) < 4.78 is 10.5. The van der Waals surface area contributed by atoms with E-state index in [1.807, 2.05) is 19.1 Å². The molecule has 44 heavy (non-hydrogen) atoms. The minimum Gasteiger partial charge on any atom is -0.506 e. The number of aromatic hydroxyl groups is 1. The molecule has 0 aliphatic carbocycles. The van der Waals surface area contributed by atoms with Gasteiger partial charge in [-0.3, -0.25) is 14.4 Å². The van der Waals surface area contributed by atoms with Gasteiger partial charge in [-0.15, -0.1) is 0 Å². The van der Waals surface area contributed by atoms with Gasteiger partial charge in [0.2, 0.25) is 11.7 Å². The molecule has 12 heteroatoms. The second-order valence-corrected chi connectivity index (χ2v) is 11.0. The Morgan fingerprint density at radius 1 is 0.932 bits per heavy atom. The largest absolute Gasteiger partial charge is 0.506 e. The lowest BCUT2D eigenvalue weighted by Gasteiger charge is -2.29. The van der Waals surface area contributed by atoms with Crippen LogP contribution in [-0.4, -0.2) is 68.0 Å². The van der Waals surface area contributed by atoms with Gasteiger partial charge < -0.3 is 25.2 Å². The van der Waals surface area contributed by atoms with E-state index in [0.29, 0.717) is 50.3 Å². The Labute approximate surface area is 259 Å². The predicted molar refractivity (Wildman–Crippen MR) is 160 cm³/mol. The molecule has 2 amide bonds. The van der Waals surface area contributed by atoms with Crippen LogP contribution in [0.25, 0.3) is 0 Å². The fourth-order valence-corrected chi connectivity index (χ4v) is 3.68. The van der Waals surface area contributed by atoms with E-state index in [1.165, 1.54) is 0 Å². The number of Topliss-reactive ketones (excluding diaryl/α,β-unsaturated/α-hetero) is 1. The number of ether oxygens (including phenoxy) is 2. The SMILES string of the molecule is CCOCCNC(=O)C#CC(=O)CCCOCCC(=O)Nc1cc(C[C@H](C)CC(C)C(C)(C)C)ccc1O.O=C=O.O=C=O. The number of rotatable bonds is 16. The van der Waals surface area contributed by atoms with Crippen molar-refractivity contribution in [3.05, 3.63) is 23.8 Å². The van der Waals surface area contributed by atoms with Gasteiger partial charge in [-0.05, 0) is 67.1 Å². The Morgan fingerprint density at radius 2 is 1.57 bits per heavy atom. The fourth-order valence-electron chi connectivity index (χ4n) is 3.68. The number of anilines is 1. The van der Waals surface area contributed by atoms with Gasteiger partial charge in [-0.2, -0.15) is 19.2 Å². The summed E-state index contributed by atoms with van der Waals surface area (Å²) in [5.74, 6) is 4.55. The van der Waals surface area contributed by atoms with E-state index in [9.17, 15) is 19.5 Å². The average Bonchev–Trinajstić information content (AvgIpc) is 2.94. The maximum absolute atomic E-state index is 12.3. The van der Waals surface area contributed by atoms with E-state index in [2.05, 4.69) is 57.1 Å². The molecule has 0 heterocycles. The summed E-state index contributed by atoms with van der Waals surface area (Å²) in [6.07, 6.45) is 3.20. The van der Waals surface area contributed by atoms with E-state index in [1.54, 1.807) is 6.07 Å². The monoisotopic (exact) mass is 618 g/mol. The van der Waals surface area contributed by atoms with E-state index < -0.39 is 5.91 Å². The van der Waals surface area contributed by atoms with Gasteiger partial charge >= 0.3 is 12.3 Å². The first kappa shape index (κ1) is 42.0. The molecule has 0 saturated heterocycles. The highest BCUT2D eigenvalue weighted by Crippen LogP contribution is 2.32. The highest BCUT2D eigenvalue weighted by atomic mass is 16.5. The van der Waals surface area contributed by atoms with Gasteiger partial charge in [0.1, 0.15) is 5.75 Å². The first-order valence-electron chi connectivity index (χ1n) is 14.3. The first-order chi connectivity index (χ1) is 20.7. The molecule has 1 unspecified atom stereocenters. The standard InChI is InChI=1S/C30H46N2O6.2CO2/c1-7-37-18-15-31-28(35)13-11-25(33)9-8-16-38-17-14-29(36)32-26-21-24(10-12-27(26)34)20-22(2)19-23(3)30(4,5)6;2*2-1-3/h10,12,21-23,34H,7-9,14-20H2,1-6H3,(H,31,35)(H,32,36);;/t22-,23?;;/m1../s1. The Morgan fingerprint density at radius 3 is 2.16 bits per heavy atom. The first-order valence-corrected chi connectivity index (χ1v) is 14.3. The van der Waals surface area contributed by atoms with Crippen LogP contribution in [0, 0.1) is 29.1 Å². The van der Waals surface area contributed by atoms with Crippen molar-refractivity contribution in [3.8, 4) is 17.6 Å². The van der Waals surface area contributed by atoms with Gasteiger partial charge in [0.25, 0.3) is 5.91 Å². The smallest absolute Gasteiger partial charge is 0.373 e. The van der Waals surface area contributed by atoms with Crippen molar-refractivity contribution in [1.82, 2.24) is 5.32 Å². The highest BCUT2D eigenvalue weighted by Gasteiger charge is 2.22. The molecule has 3 N–H and O–H groups in total. The average molecular weight is 619 g/mol.